The van der Waals surface area contributed by atoms with Gasteiger partial charge in [0.15, 0.2) is 0 Å². The molecule has 2 aromatic rings. The van der Waals surface area contributed by atoms with Gasteiger partial charge in [0, 0.05) is 13.8 Å². The van der Waals surface area contributed by atoms with Gasteiger partial charge in [-0.2, -0.15) is 0 Å². The van der Waals surface area contributed by atoms with Crippen molar-refractivity contribution in [3.63, 3.8) is 0 Å². The second kappa shape index (κ2) is 7.33. The van der Waals surface area contributed by atoms with Crippen LogP contribution in [0.3, 0.4) is 0 Å². The molecule has 0 saturated heterocycles. The van der Waals surface area contributed by atoms with Gasteiger partial charge in [-0.25, -0.2) is 4.79 Å². The van der Waals surface area contributed by atoms with Gasteiger partial charge in [0.05, 0.1) is 29.2 Å². The molecule has 0 bridgehead atoms. The number of carbonyl (C=O) groups is 1. The molecule has 2 aromatic carbocycles. The summed E-state index contributed by atoms with van der Waals surface area (Å²) < 4.78 is 18.7. The molecular weight excluding hydrogens is 420 g/mol. The van der Waals surface area contributed by atoms with Crippen LogP contribution in [0.1, 0.15) is 15.9 Å². The van der Waals surface area contributed by atoms with Gasteiger partial charge >= 0.3 is 5.97 Å². The van der Waals surface area contributed by atoms with Crippen molar-refractivity contribution < 1.29 is 13.7 Å². The average Bonchev–Trinajstić information content (AvgIpc) is 2.48. The molecule has 0 spiro atoms. The van der Waals surface area contributed by atoms with Crippen molar-refractivity contribution in [1.82, 2.24) is 0 Å². The Kier molecular flexibility index (Phi) is 5.72. The van der Waals surface area contributed by atoms with Crippen LogP contribution in [0, 0.1) is 0 Å². The number of methoxy groups -OCH3 is 1. The number of rotatable bonds is 4. The van der Waals surface area contributed by atoms with Crippen molar-refractivity contribution in [2.45, 2.75) is 10.6 Å². The average molecular weight is 432 g/mol. The van der Waals surface area contributed by atoms with Gasteiger partial charge in [0.1, 0.15) is 0 Å². The van der Waals surface area contributed by atoms with Crippen LogP contribution in [-0.4, -0.2) is 17.3 Å². The third kappa shape index (κ3) is 4.25. The number of ether oxygens (including phenoxy) is 1. The minimum Gasteiger partial charge on any atom is -0.465 e. The van der Waals surface area contributed by atoms with Crippen LogP contribution >= 0.6 is 31.9 Å². The second-order valence-electron chi connectivity index (χ2n) is 4.25. The minimum absolute atomic E-state index is 0.374. The Hall–Kier alpha value is -0.980. The number of hydrogen-bond donors (Lipinski definition) is 0. The lowest BCUT2D eigenvalue weighted by atomic mass is 10.1. The van der Waals surface area contributed by atoms with Crippen molar-refractivity contribution in [2.75, 3.05) is 7.11 Å². The monoisotopic (exact) mass is 430 g/mol. The fourth-order valence-electron chi connectivity index (χ4n) is 1.74. The molecule has 0 aliphatic carbocycles. The zero-order valence-electron chi connectivity index (χ0n) is 11.1. The van der Waals surface area contributed by atoms with Crippen LogP contribution in [0.2, 0.25) is 0 Å². The molecule has 0 N–H and O–H groups in total. The predicted octanol–water partition coefficient (Wildman–Crippen LogP) is 4.31. The van der Waals surface area contributed by atoms with Gasteiger partial charge < -0.3 is 4.74 Å². The van der Waals surface area contributed by atoms with Gasteiger partial charge in [0.25, 0.3) is 0 Å². The molecule has 6 heteroatoms. The van der Waals surface area contributed by atoms with Gasteiger partial charge in [0.2, 0.25) is 0 Å². The van der Waals surface area contributed by atoms with E-state index in [-0.39, 0.29) is 0 Å². The zero-order chi connectivity index (χ0) is 15.4. The molecule has 0 aromatic heterocycles. The Bertz CT molecular complexity index is 701. The predicted molar refractivity (Wildman–Crippen MR) is 89.7 cm³/mol. The summed E-state index contributed by atoms with van der Waals surface area (Å²) in [4.78, 5) is 12.2. The molecule has 0 radical (unpaired) electrons. The molecule has 0 aliphatic heterocycles. The quantitative estimate of drug-likeness (QED) is 0.677. The van der Waals surface area contributed by atoms with Crippen molar-refractivity contribution in [2.24, 2.45) is 0 Å². The maximum absolute atomic E-state index is 12.4. The van der Waals surface area contributed by atoms with E-state index in [0.29, 0.717) is 11.3 Å². The Labute approximate surface area is 142 Å². The van der Waals surface area contributed by atoms with E-state index in [4.69, 9.17) is 0 Å². The SMILES string of the molecule is COC(=O)c1ccc(CS(=O)c2cccc(Br)c2)c(Br)c1. The van der Waals surface area contributed by atoms with E-state index in [1.54, 1.807) is 18.2 Å². The number of hydrogen-bond acceptors (Lipinski definition) is 3. The highest BCUT2D eigenvalue weighted by Gasteiger charge is 2.12. The van der Waals surface area contributed by atoms with Crippen LogP contribution in [-0.2, 0) is 21.3 Å². The summed E-state index contributed by atoms with van der Waals surface area (Å²) in [5.41, 5.74) is 1.34. The van der Waals surface area contributed by atoms with Gasteiger partial charge in [-0.05, 0) is 35.9 Å². The van der Waals surface area contributed by atoms with E-state index in [1.165, 1.54) is 7.11 Å². The summed E-state index contributed by atoms with van der Waals surface area (Å²) in [5.74, 6) is -0.0197. The molecule has 0 heterocycles. The number of halogens is 2. The van der Waals surface area contributed by atoms with E-state index in [9.17, 15) is 9.00 Å². The fourth-order valence-corrected chi connectivity index (χ4v) is 4.19. The molecule has 0 amide bonds. The maximum Gasteiger partial charge on any atom is 0.337 e. The number of esters is 1. The van der Waals surface area contributed by atoms with Crippen LogP contribution in [0.15, 0.2) is 56.3 Å². The molecular formula is C15H12Br2O3S. The first-order chi connectivity index (χ1) is 10.0. The molecule has 3 nitrogen and oxygen atoms in total. The molecule has 1 unspecified atom stereocenters. The van der Waals surface area contributed by atoms with Crippen LogP contribution in [0.5, 0.6) is 0 Å². The lowest BCUT2D eigenvalue weighted by Crippen LogP contribution is -2.03. The van der Waals surface area contributed by atoms with Gasteiger partial charge in [-0.1, -0.05) is 44.0 Å². The summed E-state index contributed by atoms with van der Waals surface area (Å²) in [6.45, 7) is 0. The molecule has 2 rings (SSSR count). The van der Waals surface area contributed by atoms with E-state index in [1.807, 2.05) is 24.3 Å². The van der Waals surface area contributed by atoms with E-state index in [2.05, 4.69) is 36.6 Å². The summed E-state index contributed by atoms with van der Waals surface area (Å²) in [5, 5.41) is 0. The topological polar surface area (TPSA) is 43.4 Å². The molecule has 0 aliphatic rings. The first-order valence-electron chi connectivity index (χ1n) is 6.02. The Morgan fingerprint density at radius 3 is 2.57 bits per heavy atom. The van der Waals surface area contributed by atoms with E-state index in [0.717, 1.165) is 19.4 Å². The Morgan fingerprint density at radius 2 is 1.95 bits per heavy atom. The summed E-state index contributed by atoms with van der Waals surface area (Å²) in [6.07, 6.45) is 0. The molecule has 0 fully saturated rings. The highest BCUT2D eigenvalue weighted by molar-refractivity contribution is 9.10. The molecule has 1 atom stereocenters. The Balaban J connectivity index is 2.20. The fraction of sp³-hybridized carbons (Fsp3) is 0.133. The van der Waals surface area contributed by atoms with Crippen molar-refractivity contribution in [3.05, 3.63) is 62.5 Å². The van der Waals surface area contributed by atoms with Crippen LogP contribution in [0.4, 0.5) is 0 Å². The second-order valence-corrected chi connectivity index (χ2v) is 7.47. The van der Waals surface area contributed by atoms with Crippen LogP contribution < -0.4 is 0 Å². The molecule has 0 saturated carbocycles. The normalized spacial score (nSPS) is 12.0. The van der Waals surface area contributed by atoms with Crippen molar-refractivity contribution >= 4 is 48.6 Å². The van der Waals surface area contributed by atoms with E-state index >= 15 is 0 Å². The smallest absolute Gasteiger partial charge is 0.337 e. The summed E-state index contributed by atoms with van der Waals surface area (Å²) in [7, 11) is 0.190. The molecule has 21 heavy (non-hydrogen) atoms. The summed E-state index contributed by atoms with van der Waals surface area (Å²) in [6, 6.07) is 12.6. The Morgan fingerprint density at radius 1 is 1.19 bits per heavy atom. The summed E-state index contributed by atoms with van der Waals surface area (Å²) >= 11 is 6.78. The minimum atomic E-state index is -1.15. The largest absolute Gasteiger partial charge is 0.465 e. The number of carbonyl (C=O) groups excluding carboxylic acids is 1. The van der Waals surface area contributed by atoms with Gasteiger partial charge in [-0.15, -0.1) is 0 Å². The lowest BCUT2D eigenvalue weighted by Gasteiger charge is -2.07. The first-order valence-corrected chi connectivity index (χ1v) is 8.92. The third-order valence-corrected chi connectivity index (χ3v) is 5.40. The standard InChI is InChI=1S/C15H12Br2O3S/c1-20-15(18)10-5-6-11(14(17)7-10)9-21(19)13-4-2-3-12(16)8-13/h2-8H,9H2,1H3. The van der Waals surface area contributed by atoms with Crippen LogP contribution in [0.25, 0.3) is 0 Å². The van der Waals surface area contributed by atoms with Crippen molar-refractivity contribution in [3.8, 4) is 0 Å². The van der Waals surface area contributed by atoms with E-state index < -0.39 is 16.8 Å². The number of benzene rings is 2. The first kappa shape index (κ1) is 16.4. The highest BCUT2D eigenvalue weighted by Crippen LogP contribution is 2.23. The third-order valence-electron chi connectivity index (χ3n) is 2.82. The maximum atomic E-state index is 12.4. The zero-order valence-corrected chi connectivity index (χ0v) is 15.1. The van der Waals surface area contributed by atoms with Gasteiger partial charge in [-0.3, -0.25) is 4.21 Å². The van der Waals surface area contributed by atoms with Crippen molar-refractivity contribution in [1.29, 1.82) is 0 Å². The highest BCUT2D eigenvalue weighted by atomic mass is 79.9. The lowest BCUT2D eigenvalue weighted by molar-refractivity contribution is 0.0600. The molecule has 110 valence electrons.